The molecule has 0 saturated carbocycles. The van der Waals surface area contributed by atoms with Crippen molar-refractivity contribution in [1.82, 2.24) is 17.8 Å². The molecule has 42 heavy (non-hydrogen) atoms. The fourth-order valence-electron chi connectivity index (χ4n) is 5.67. The van der Waals surface area contributed by atoms with Gasteiger partial charge in [-0.15, -0.1) is 0 Å². The van der Waals surface area contributed by atoms with Crippen LogP contribution < -0.4 is 4.90 Å². The van der Waals surface area contributed by atoms with Crippen molar-refractivity contribution in [3.8, 4) is 0 Å². The van der Waals surface area contributed by atoms with Crippen LogP contribution in [0.25, 0.3) is 0 Å². The first-order valence-corrected chi connectivity index (χ1v) is 17.2. The average Bonchev–Trinajstić information content (AvgIpc) is 2.97. The molecule has 0 aliphatic carbocycles. The lowest BCUT2D eigenvalue weighted by Crippen LogP contribution is -2.35. The van der Waals surface area contributed by atoms with Gasteiger partial charge in [-0.2, -0.15) is 0 Å². The summed E-state index contributed by atoms with van der Waals surface area (Å²) < 4.78 is 7.77. The fourth-order valence-corrected chi connectivity index (χ4v) is 7.98. The van der Waals surface area contributed by atoms with Gasteiger partial charge in [0.25, 0.3) is 0 Å². The minimum Gasteiger partial charge on any atom is -0.378 e. The van der Waals surface area contributed by atoms with Gasteiger partial charge < -0.3 is 4.90 Å². The summed E-state index contributed by atoms with van der Waals surface area (Å²) in [5, 5.41) is 0.851. The number of aryl methyl sites for hydroxylation is 1. The molecule has 5 rings (SSSR count). The zero-order valence-electron chi connectivity index (χ0n) is 25.5. The van der Waals surface area contributed by atoms with Crippen LogP contribution >= 0.6 is 35.7 Å². The van der Waals surface area contributed by atoms with Crippen LogP contribution in [0.2, 0.25) is 5.02 Å². The highest BCUT2D eigenvalue weighted by atomic mass is 35.5. The van der Waals surface area contributed by atoms with Crippen LogP contribution in [0.1, 0.15) is 41.5 Å². The van der Waals surface area contributed by atoms with Gasteiger partial charge in [0.1, 0.15) is 0 Å². The van der Waals surface area contributed by atoms with E-state index >= 15 is 0 Å². The number of hydrogen-bond acceptors (Lipinski definition) is 7. The monoisotopic (exact) mass is 623 g/mol. The summed E-state index contributed by atoms with van der Waals surface area (Å²) in [5.41, 5.74) is 6.81. The highest BCUT2D eigenvalue weighted by Crippen LogP contribution is 2.30. The number of anilines is 1. The van der Waals surface area contributed by atoms with Crippen molar-refractivity contribution in [2.45, 2.75) is 50.6 Å². The highest BCUT2D eigenvalue weighted by molar-refractivity contribution is 7.97. The van der Waals surface area contributed by atoms with E-state index in [0.717, 1.165) is 70.3 Å². The second kappa shape index (κ2) is 15.8. The molecule has 2 aliphatic heterocycles. The molecule has 8 heteroatoms. The summed E-state index contributed by atoms with van der Waals surface area (Å²) in [6, 6.07) is 24.5. The van der Waals surface area contributed by atoms with Gasteiger partial charge >= 0.3 is 0 Å². The number of halogens is 1. The summed E-state index contributed by atoms with van der Waals surface area (Å²) in [6.45, 7) is 11.9. The lowest BCUT2D eigenvalue weighted by atomic mass is 10.0. The van der Waals surface area contributed by atoms with Gasteiger partial charge in [0, 0.05) is 87.6 Å². The van der Waals surface area contributed by atoms with Crippen LogP contribution in [-0.4, -0.2) is 77.7 Å². The van der Waals surface area contributed by atoms with Gasteiger partial charge in [-0.25, -0.2) is 12.9 Å². The molecule has 2 aliphatic rings. The van der Waals surface area contributed by atoms with Crippen molar-refractivity contribution in [3.05, 3.63) is 94.0 Å². The molecular formula is C34H46ClN5S2. The normalized spacial score (nSPS) is 18.7. The molecule has 5 nitrogen and oxygen atoms in total. The van der Waals surface area contributed by atoms with Gasteiger partial charge in [-0.05, 0) is 111 Å². The standard InChI is InChI=1S/C34H46ClN5S2/c1-28-7-9-29(10-8-28)26-37-18-4-20-38(41-34-15-13-33(14-16-34)36(2)3)21-6-23-39(22-5-19-37)42-40-24-17-30-25-32(35)12-11-31(30)27-40/h7-16,25H,4-6,17-24,26-27H2,1-3H3. The zero-order valence-corrected chi connectivity index (χ0v) is 27.9. The Kier molecular flexibility index (Phi) is 12.0. The van der Waals surface area contributed by atoms with E-state index in [1.807, 2.05) is 30.1 Å². The predicted octanol–water partition coefficient (Wildman–Crippen LogP) is 7.63. The number of rotatable bonds is 7. The smallest absolute Gasteiger partial charge is 0.0408 e. The van der Waals surface area contributed by atoms with Crippen LogP contribution in [0.5, 0.6) is 0 Å². The topological polar surface area (TPSA) is 16.2 Å². The van der Waals surface area contributed by atoms with Crippen molar-refractivity contribution >= 4 is 41.4 Å². The first-order valence-electron chi connectivity index (χ1n) is 15.3. The van der Waals surface area contributed by atoms with Crippen molar-refractivity contribution in [2.75, 3.05) is 64.8 Å². The van der Waals surface area contributed by atoms with Crippen LogP contribution in [0.15, 0.2) is 71.6 Å². The molecule has 0 amide bonds. The van der Waals surface area contributed by atoms with E-state index in [1.54, 1.807) is 0 Å². The summed E-state index contributed by atoms with van der Waals surface area (Å²) >= 11 is 10.2. The molecule has 0 bridgehead atoms. The number of hydrogen-bond donors (Lipinski definition) is 0. The van der Waals surface area contributed by atoms with Gasteiger partial charge in [0.15, 0.2) is 0 Å². The Morgan fingerprint density at radius 1 is 0.714 bits per heavy atom. The largest absolute Gasteiger partial charge is 0.378 e. The van der Waals surface area contributed by atoms with Crippen molar-refractivity contribution in [3.63, 3.8) is 0 Å². The first-order chi connectivity index (χ1) is 20.4. The lowest BCUT2D eigenvalue weighted by molar-refractivity contribution is 0.235. The molecular weight excluding hydrogens is 578 g/mol. The molecule has 0 aromatic heterocycles. The van der Waals surface area contributed by atoms with Gasteiger partial charge in [-0.1, -0.05) is 47.5 Å². The van der Waals surface area contributed by atoms with Gasteiger partial charge in [-0.3, -0.25) is 4.90 Å². The van der Waals surface area contributed by atoms with Gasteiger partial charge in [0.05, 0.1) is 0 Å². The maximum atomic E-state index is 6.27. The van der Waals surface area contributed by atoms with Crippen LogP contribution in [0.4, 0.5) is 5.69 Å². The molecule has 1 fully saturated rings. The molecule has 0 unspecified atom stereocenters. The van der Waals surface area contributed by atoms with Gasteiger partial charge in [0.2, 0.25) is 0 Å². The molecule has 1 saturated heterocycles. The van der Waals surface area contributed by atoms with Crippen LogP contribution in [0, 0.1) is 6.92 Å². The number of benzene rings is 3. The molecule has 226 valence electrons. The first kappa shape index (κ1) is 31.7. The maximum Gasteiger partial charge on any atom is 0.0408 e. The summed E-state index contributed by atoms with van der Waals surface area (Å²) in [6.07, 6.45) is 4.61. The number of nitrogens with zero attached hydrogens (tertiary/aromatic N) is 5. The van der Waals surface area contributed by atoms with E-state index in [1.165, 1.54) is 52.1 Å². The highest BCUT2D eigenvalue weighted by Gasteiger charge is 2.21. The summed E-state index contributed by atoms with van der Waals surface area (Å²) in [7, 11) is 4.20. The average molecular weight is 624 g/mol. The molecule has 0 N–H and O–H groups in total. The van der Waals surface area contributed by atoms with E-state index in [9.17, 15) is 0 Å². The fraction of sp³-hybridized carbons (Fsp3) is 0.471. The molecule has 3 aromatic carbocycles. The minimum atomic E-state index is 0.851. The summed E-state index contributed by atoms with van der Waals surface area (Å²) in [5.74, 6) is 0. The molecule has 0 spiro atoms. The molecule has 2 heterocycles. The van der Waals surface area contributed by atoms with E-state index < -0.39 is 0 Å². The second-order valence-corrected chi connectivity index (χ2v) is 14.6. The Morgan fingerprint density at radius 2 is 1.38 bits per heavy atom. The van der Waals surface area contributed by atoms with E-state index in [4.69, 9.17) is 11.6 Å². The van der Waals surface area contributed by atoms with E-state index in [2.05, 4.69) is 104 Å². The molecule has 3 aromatic rings. The number of fused-ring (bicyclic) bond motifs is 1. The minimum absolute atomic E-state index is 0.851. The predicted molar refractivity (Wildman–Crippen MR) is 183 cm³/mol. The Bertz CT molecular complexity index is 1250. The Labute approximate surface area is 267 Å². The van der Waals surface area contributed by atoms with Crippen LogP contribution in [-0.2, 0) is 19.5 Å². The Hall–Kier alpha value is -1.71. The Morgan fingerprint density at radius 3 is 2.07 bits per heavy atom. The summed E-state index contributed by atoms with van der Waals surface area (Å²) in [4.78, 5) is 6.16. The third-order valence-electron chi connectivity index (χ3n) is 8.07. The van der Waals surface area contributed by atoms with Crippen molar-refractivity contribution in [2.24, 2.45) is 0 Å². The third-order valence-corrected chi connectivity index (χ3v) is 10.5. The quantitative estimate of drug-likeness (QED) is 0.248. The SMILES string of the molecule is Cc1ccc(CN2CCCN(Sc3ccc(N(C)C)cc3)CCCN(SN3CCc4cc(Cl)ccc4C3)CCC2)cc1. The van der Waals surface area contributed by atoms with E-state index in [0.29, 0.717) is 0 Å². The zero-order chi connectivity index (χ0) is 29.3. The van der Waals surface area contributed by atoms with Crippen molar-refractivity contribution in [1.29, 1.82) is 0 Å². The van der Waals surface area contributed by atoms with Crippen molar-refractivity contribution < 1.29 is 0 Å². The Balaban J connectivity index is 1.24. The lowest BCUT2D eigenvalue weighted by Gasteiger charge is -2.34. The second-order valence-electron chi connectivity index (χ2n) is 11.8. The molecule has 0 atom stereocenters. The third kappa shape index (κ3) is 9.65. The van der Waals surface area contributed by atoms with E-state index in [-0.39, 0.29) is 0 Å². The molecule has 0 radical (unpaired) electrons. The maximum absolute atomic E-state index is 6.27. The van der Waals surface area contributed by atoms with Crippen LogP contribution in [0.3, 0.4) is 0 Å².